The molecule has 1 saturated heterocycles. The van der Waals surface area contributed by atoms with Crippen molar-refractivity contribution in [3.05, 3.63) is 29.3 Å². The molecule has 118 valence electrons. The van der Waals surface area contributed by atoms with Crippen LogP contribution in [0.3, 0.4) is 0 Å². The maximum atomic E-state index is 12.0. The third-order valence-electron chi connectivity index (χ3n) is 3.94. The number of amides is 2. The van der Waals surface area contributed by atoms with Gasteiger partial charge in [-0.1, -0.05) is 5.16 Å². The fraction of sp³-hybridized carbons (Fsp3) is 0.500. The van der Waals surface area contributed by atoms with Crippen LogP contribution in [0.1, 0.15) is 29.5 Å². The summed E-state index contributed by atoms with van der Waals surface area (Å²) >= 11 is 0. The van der Waals surface area contributed by atoms with Crippen LogP contribution >= 0.6 is 0 Å². The highest BCUT2D eigenvalue weighted by Gasteiger charge is 2.34. The zero-order valence-corrected chi connectivity index (χ0v) is 12.8. The van der Waals surface area contributed by atoms with E-state index in [4.69, 9.17) is 4.74 Å². The van der Waals surface area contributed by atoms with Crippen molar-refractivity contribution in [2.45, 2.75) is 32.4 Å². The van der Waals surface area contributed by atoms with Crippen LogP contribution in [0.25, 0.3) is 0 Å². The Kier molecular flexibility index (Phi) is 3.84. The van der Waals surface area contributed by atoms with Gasteiger partial charge in [0.05, 0.1) is 11.7 Å². The Hall–Kier alpha value is -2.35. The lowest BCUT2D eigenvalue weighted by Gasteiger charge is -2.20. The van der Waals surface area contributed by atoms with E-state index in [0.29, 0.717) is 12.4 Å². The van der Waals surface area contributed by atoms with Crippen molar-refractivity contribution in [2.75, 3.05) is 11.9 Å². The number of nitrogens with one attached hydrogen (secondary N) is 2. The molecule has 0 aromatic carbocycles. The highest BCUT2D eigenvalue weighted by molar-refractivity contribution is 5.88. The minimum atomic E-state index is -0.325. The van der Waals surface area contributed by atoms with E-state index in [0.717, 1.165) is 23.4 Å². The van der Waals surface area contributed by atoms with Gasteiger partial charge in [-0.05, 0) is 20.3 Å². The van der Waals surface area contributed by atoms with Gasteiger partial charge < -0.3 is 14.6 Å². The van der Waals surface area contributed by atoms with Gasteiger partial charge >= 0.3 is 6.03 Å². The summed E-state index contributed by atoms with van der Waals surface area (Å²) in [5.74, 6) is 0.377. The normalized spacial score (nSPS) is 21.0. The van der Waals surface area contributed by atoms with Crippen molar-refractivity contribution >= 4 is 11.8 Å². The summed E-state index contributed by atoms with van der Waals surface area (Å²) in [4.78, 5) is 12.0. The minimum absolute atomic E-state index is 0.103. The molecule has 3 heterocycles. The first kappa shape index (κ1) is 14.6. The molecular formula is C14H19N5O3. The lowest BCUT2D eigenvalue weighted by molar-refractivity contribution is 0.0993. The highest BCUT2D eigenvalue weighted by Crippen LogP contribution is 2.33. The van der Waals surface area contributed by atoms with E-state index in [-0.39, 0.29) is 18.2 Å². The van der Waals surface area contributed by atoms with Crippen molar-refractivity contribution in [1.82, 2.24) is 20.3 Å². The lowest BCUT2D eigenvalue weighted by atomic mass is 10.0. The van der Waals surface area contributed by atoms with Gasteiger partial charge in [0.1, 0.15) is 12.4 Å². The molecule has 2 aromatic rings. The molecule has 0 aliphatic carbocycles. The van der Waals surface area contributed by atoms with Gasteiger partial charge in [-0.15, -0.1) is 0 Å². The Balaban J connectivity index is 1.72. The fourth-order valence-electron chi connectivity index (χ4n) is 2.82. The van der Waals surface area contributed by atoms with E-state index in [1.165, 1.54) is 6.26 Å². The van der Waals surface area contributed by atoms with Crippen molar-refractivity contribution in [3.8, 4) is 0 Å². The van der Waals surface area contributed by atoms with E-state index in [9.17, 15) is 4.79 Å². The zero-order valence-electron chi connectivity index (χ0n) is 12.8. The molecule has 8 nitrogen and oxygen atoms in total. The Morgan fingerprint density at radius 3 is 2.91 bits per heavy atom. The molecule has 22 heavy (non-hydrogen) atoms. The number of aryl methyl sites for hydroxylation is 2. The zero-order chi connectivity index (χ0) is 15.7. The molecule has 8 heteroatoms. The summed E-state index contributed by atoms with van der Waals surface area (Å²) in [5, 5.41) is 13.6. The number of urea groups is 1. The predicted molar refractivity (Wildman–Crippen MR) is 78.4 cm³/mol. The van der Waals surface area contributed by atoms with Crippen molar-refractivity contribution in [3.63, 3.8) is 0 Å². The largest absolute Gasteiger partial charge is 0.371 e. The summed E-state index contributed by atoms with van der Waals surface area (Å²) in [5.41, 5.74) is 3.02. The number of carbonyl (C=O) groups is 1. The molecule has 2 amide bonds. The fourth-order valence-corrected chi connectivity index (χ4v) is 2.82. The first-order chi connectivity index (χ1) is 10.6. The van der Waals surface area contributed by atoms with Gasteiger partial charge in [0.25, 0.3) is 0 Å². The number of ether oxygens (including phenoxy) is 1. The first-order valence-electron chi connectivity index (χ1n) is 7.16. The van der Waals surface area contributed by atoms with E-state index in [1.54, 1.807) is 6.07 Å². The number of anilines is 1. The second-order valence-corrected chi connectivity index (χ2v) is 5.38. The van der Waals surface area contributed by atoms with Crippen LogP contribution < -0.4 is 10.6 Å². The molecule has 0 spiro atoms. The Bertz CT molecular complexity index is 664. The quantitative estimate of drug-likeness (QED) is 0.899. The lowest BCUT2D eigenvalue weighted by Crippen LogP contribution is -2.39. The number of rotatable bonds is 3. The molecule has 2 atom stereocenters. The molecule has 2 aromatic heterocycles. The summed E-state index contributed by atoms with van der Waals surface area (Å²) in [6.45, 7) is 4.56. The SMILES string of the molecule is Cc1nn(C)c(C)c1[C@H]1OCC[C@@H]1NC(=O)Nc1ccon1. The van der Waals surface area contributed by atoms with Gasteiger partial charge in [-0.3, -0.25) is 10.00 Å². The van der Waals surface area contributed by atoms with Crippen LogP contribution in [0.4, 0.5) is 10.6 Å². The molecule has 1 fully saturated rings. The average Bonchev–Trinajstić information content (AvgIpc) is 3.15. The molecule has 1 aliphatic heterocycles. The second kappa shape index (κ2) is 5.80. The molecule has 0 saturated carbocycles. The van der Waals surface area contributed by atoms with Crippen molar-refractivity contribution < 1.29 is 14.1 Å². The molecule has 2 N–H and O–H groups in total. The van der Waals surface area contributed by atoms with Gasteiger partial charge in [0.15, 0.2) is 5.82 Å². The third-order valence-corrected chi connectivity index (χ3v) is 3.94. The van der Waals surface area contributed by atoms with Crippen LogP contribution in [0.2, 0.25) is 0 Å². The smallest absolute Gasteiger partial charge is 0.320 e. The van der Waals surface area contributed by atoms with Gasteiger partial charge in [-0.2, -0.15) is 5.10 Å². The van der Waals surface area contributed by atoms with Gasteiger partial charge in [-0.25, -0.2) is 4.79 Å². The summed E-state index contributed by atoms with van der Waals surface area (Å²) in [7, 11) is 1.90. The topological polar surface area (TPSA) is 94.2 Å². The summed E-state index contributed by atoms with van der Waals surface area (Å²) in [6, 6.07) is 1.15. The minimum Gasteiger partial charge on any atom is -0.371 e. The molecule has 0 radical (unpaired) electrons. The van der Waals surface area contributed by atoms with Crippen LogP contribution in [-0.4, -0.2) is 33.6 Å². The maximum Gasteiger partial charge on any atom is 0.320 e. The van der Waals surface area contributed by atoms with Crippen LogP contribution in [0.15, 0.2) is 16.9 Å². The predicted octanol–water partition coefficient (Wildman–Crippen LogP) is 1.68. The average molecular weight is 305 g/mol. The maximum absolute atomic E-state index is 12.0. The van der Waals surface area contributed by atoms with Crippen LogP contribution in [0.5, 0.6) is 0 Å². The Morgan fingerprint density at radius 1 is 1.45 bits per heavy atom. The standard InChI is InChI=1S/C14H19N5O3/c1-8-12(9(2)19(3)17-8)13-10(4-6-21-13)15-14(20)16-11-5-7-22-18-11/h5,7,10,13H,4,6H2,1-3H3,(H2,15,16,18,20)/t10-,13-/m0/s1. The van der Waals surface area contributed by atoms with Crippen LogP contribution in [-0.2, 0) is 11.8 Å². The van der Waals surface area contributed by atoms with Gasteiger partial charge in [0, 0.05) is 31.0 Å². The third kappa shape index (κ3) is 2.69. The summed E-state index contributed by atoms with van der Waals surface area (Å²) in [6.07, 6.45) is 1.97. The molecular weight excluding hydrogens is 286 g/mol. The van der Waals surface area contributed by atoms with Crippen molar-refractivity contribution in [2.24, 2.45) is 7.05 Å². The summed E-state index contributed by atoms with van der Waals surface area (Å²) < 4.78 is 12.3. The number of hydrogen-bond acceptors (Lipinski definition) is 5. The number of carbonyl (C=O) groups excluding carboxylic acids is 1. The molecule has 1 aliphatic rings. The molecule has 0 unspecified atom stereocenters. The highest BCUT2D eigenvalue weighted by atomic mass is 16.5. The van der Waals surface area contributed by atoms with E-state index in [1.807, 2.05) is 25.6 Å². The van der Waals surface area contributed by atoms with E-state index < -0.39 is 0 Å². The molecule has 3 rings (SSSR count). The van der Waals surface area contributed by atoms with Crippen molar-refractivity contribution in [1.29, 1.82) is 0 Å². The Morgan fingerprint density at radius 2 is 2.27 bits per heavy atom. The number of aromatic nitrogens is 3. The first-order valence-corrected chi connectivity index (χ1v) is 7.16. The number of nitrogens with zero attached hydrogens (tertiary/aromatic N) is 3. The second-order valence-electron chi connectivity index (χ2n) is 5.38. The van der Waals surface area contributed by atoms with E-state index in [2.05, 4.69) is 25.4 Å². The van der Waals surface area contributed by atoms with Gasteiger partial charge in [0.2, 0.25) is 0 Å². The molecule has 0 bridgehead atoms. The number of hydrogen-bond donors (Lipinski definition) is 2. The monoisotopic (exact) mass is 305 g/mol. The van der Waals surface area contributed by atoms with E-state index >= 15 is 0 Å². The Labute approximate surface area is 127 Å². The van der Waals surface area contributed by atoms with Crippen LogP contribution in [0, 0.1) is 13.8 Å².